The molecule has 0 aliphatic heterocycles. The van der Waals surface area contributed by atoms with Crippen LogP contribution in [0.4, 0.5) is 0 Å². The second-order valence-corrected chi connectivity index (χ2v) is 7.78. The van der Waals surface area contributed by atoms with Crippen LogP contribution in [-0.2, 0) is 0 Å². The summed E-state index contributed by atoms with van der Waals surface area (Å²) in [5.41, 5.74) is 2.15. The van der Waals surface area contributed by atoms with E-state index in [4.69, 9.17) is 4.74 Å². The van der Waals surface area contributed by atoms with E-state index in [1.54, 1.807) is 11.6 Å². The Bertz CT molecular complexity index is 1260. The van der Waals surface area contributed by atoms with Crippen molar-refractivity contribution in [2.24, 2.45) is 5.92 Å². The predicted octanol–water partition coefficient (Wildman–Crippen LogP) is 3.87. The van der Waals surface area contributed by atoms with Crippen molar-refractivity contribution in [1.29, 1.82) is 0 Å². The molecule has 0 N–H and O–H groups in total. The van der Waals surface area contributed by atoms with Gasteiger partial charge in [0, 0.05) is 17.8 Å². The summed E-state index contributed by atoms with van der Waals surface area (Å²) in [5, 5.41) is 4.92. The van der Waals surface area contributed by atoms with Crippen LogP contribution >= 0.6 is 0 Å². The first-order valence-electron chi connectivity index (χ1n) is 10.1. The van der Waals surface area contributed by atoms with Crippen molar-refractivity contribution in [3.8, 4) is 17.0 Å². The number of hydrogen-bond acceptors (Lipinski definition) is 5. The third kappa shape index (κ3) is 2.88. The lowest BCUT2D eigenvalue weighted by Gasteiger charge is -2.30. The van der Waals surface area contributed by atoms with Crippen LogP contribution in [0.15, 0.2) is 47.7 Å². The second-order valence-electron chi connectivity index (χ2n) is 7.78. The molecular weight excluding hydrogens is 366 g/mol. The fourth-order valence-electron chi connectivity index (χ4n) is 4.55. The summed E-state index contributed by atoms with van der Waals surface area (Å²) in [5.74, 6) is 1.67. The molecule has 1 aromatic carbocycles. The van der Waals surface area contributed by atoms with Gasteiger partial charge in [-0.25, -0.2) is 4.98 Å². The van der Waals surface area contributed by atoms with E-state index < -0.39 is 0 Å². The third-order valence-corrected chi connectivity index (χ3v) is 6.06. The highest BCUT2D eigenvalue weighted by Gasteiger charge is 2.25. The van der Waals surface area contributed by atoms with E-state index in [-0.39, 0.29) is 11.6 Å². The van der Waals surface area contributed by atoms with E-state index in [2.05, 4.69) is 22.0 Å². The average Bonchev–Trinajstić information content (AvgIpc) is 3.21. The molecule has 5 rings (SSSR count). The molecule has 4 aromatic rings. The van der Waals surface area contributed by atoms with Crippen LogP contribution in [0.2, 0.25) is 0 Å². The molecule has 29 heavy (non-hydrogen) atoms. The molecule has 0 spiro atoms. The molecule has 2 atom stereocenters. The summed E-state index contributed by atoms with van der Waals surface area (Å²) in [4.78, 5) is 22.5. The Hall–Kier alpha value is -3.22. The van der Waals surface area contributed by atoms with Crippen LogP contribution in [0.1, 0.15) is 38.6 Å². The van der Waals surface area contributed by atoms with E-state index in [0.717, 1.165) is 30.6 Å². The Morgan fingerprint density at radius 3 is 2.86 bits per heavy atom. The van der Waals surface area contributed by atoms with Crippen LogP contribution in [-0.4, -0.2) is 31.3 Å². The van der Waals surface area contributed by atoms with Gasteiger partial charge in [-0.05, 0) is 37.0 Å². The Balaban J connectivity index is 1.84. The minimum atomic E-state index is -0.0241. The smallest absolute Gasteiger partial charge is 0.262 e. The number of nitrogens with zero attached hydrogens (tertiary/aromatic N) is 5. The molecule has 3 heterocycles. The van der Waals surface area contributed by atoms with Gasteiger partial charge in [0.25, 0.3) is 11.3 Å². The molecule has 0 radical (unpaired) electrons. The standard InChI is InChI=1S/C22H23N5O2/c1-14-6-3-4-9-18(14)26-11-10-17-19(21(26)28)20(27-22(25-17)23-13-24-27)15-7-5-8-16(12-15)29-2/h5,7-8,10-14,18H,3-4,6,9H2,1-2H3/t14-,18-/m1/s1. The highest BCUT2D eigenvalue weighted by molar-refractivity contribution is 5.93. The van der Waals surface area contributed by atoms with E-state index in [0.29, 0.717) is 28.3 Å². The van der Waals surface area contributed by atoms with Crippen molar-refractivity contribution < 1.29 is 4.74 Å². The van der Waals surface area contributed by atoms with Crippen molar-refractivity contribution >= 4 is 16.7 Å². The van der Waals surface area contributed by atoms with E-state index in [1.807, 2.05) is 41.1 Å². The van der Waals surface area contributed by atoms with Gasteiger partial charge in [-0.2, -0.15) is 14.6 Å². The maximum atomic E-state index is 13.7. The van der Waals surface area contributed by atoms with E-state index in [9.17, 15) is 4.79 Å². The number of benzene rings is 1. The summed E-state index contributed by atoms with van der Waals surface area (Å²) in [6.45, 7) is 2.24. The Labute approximate surface area is 168 Å². The lowest BCUT2D eigenvalue weighted by molar-refractivity contribution is 0.253. The molecule has 7 heteroatoms. The van der Waals surface area contributed by atoms with Crippen LogP contribution in [0.5, 0.6) is 5.75 Å². The van der Waals surface area contributed by atoms with Crippen LogP contribution in [0, 0.1) is 5.92 Å². The highest BCUT2D eigenvalue weighted by Crippen LogP contribution is 2.34. The highest BCUT2D eigenvalue weighted by atomic mass is 16.5. The van der Waals surface area contributed by atoms with Gasteiger partial charge >= 0.3 is 0 Å². The van der Waals surface area contributed by atoms with Gasteiger partial charge < -0.3 is 9.30 Å². The fourth-order valence-corrected chi connectivity index (χ4v) is 4.55. The molecule has 7 nitrogen and oxygen atoms in total. The molecule has 0 bridgehead atoms. The Morgan fingerprint density at radius 2 is 2.03 bits per heavy atom. The SMILES string of the molecule is COc1cccc(-c2c3c(=O)n([C@@H]4CCCC[C@H]4C)ccc3nc3ncnn23)c1. The number of fused-ring (bicyclic) bond motifs is 2. The van der Waals surface area contributed by atoms with Gasteiger partial charge in [0.2, 0.25) is 0 Å². The van der Waals surface area contributed by atoms with Gasteiger partial charge in [0.15, 0.2) is 0 Å². The molecule has 0 amide bonds. The lowest BCUT2D eigenvalue weighted by Crippen LogP contribution is -2.31. The normalized spacial score (nSPS) is 19.7. The van der Waals surface area contributed by atoms with E-state index >= 15 is 0 Å². The molecule has 0 saturated heterocycles. The van der Waals surface area contributed by atoms with Crippen molar-refractivity contribution in [2.75, 3.05) is 7.11 Å². The van der Waals surface area contributed by atoms with Crippen molar-refractivity contribution in [2.45, 2.75) is 38.6 Å². The summed E-state index contributed by atoms with van der Waals surface area (Å²) >= 11 is 0. The molecule has 1 fully saturated rings. The summed E-state index contributed by atoms with van der Waals surface area (Å²) < 4.78 is 8.95. The molecule has 3 aromatic heterocycles. The quantitative estimate of drug-likeness (QED) is 0.532. The van der Waals surface area contributed by atoms with Crippen molar-refractivity contribution in [3.05, 3.63) is 53.2 Å². The van der Waals surface area contributed by atoms with Crippen LogP contribution in [0.3, 0.4) is 0 Å². The monoisotopic (exact) mass is 389 g/mol. The number of ether oxygens (including phenoxy) is 1. The van der Waals surface area contributed by atoms with Gasteiger partial charge in [-0.1, -0.05) is 31.9 Å². The summed E-state index contributed by atoms with van der Waals surface area (Å²) in [7, 11) is 1.63. The van der Waals surface area contributed by atoms with Crippen LogP contribution < -0.4 is 10.3 Å². The summed E-state index contributed by atoms with van der Waals surface area (Å²) in [6, 6.07) is 9.80. The van der Waals surface area contributed by atoms with Gasteiger partial charge in [-0.15, -0.1) is 0 Å². The van der Waals surface area contributed by atoms with Gasteiger partial charge in [-0.3, -0.25) is 4.79 Å². The average molecular weight is 389 g/mol. The summed E-state index contributed by atoms with van der Waals surface area (Å²) in [6.07, 6.45) is 7.93. The van der Waals surface area contributed by atoms with Gasteiger partial charge in [0.1, 0.15) is 12.1 Å². The maximum Gasteiger partial charge on any atom is 0.262 e. The molecule has 1 saturated carbocycles. The Kier molecular flexibility index (Phi) is 4.30. The first kappa shape index (κ1) is 17.8. The second kappa shape index (κ2) is 6.99. The molecule has 1 aliphatic carbocycles. The number of rotatable bonds is 3. The van der Waals surface area contributed by atoms with Gasteiger partial charge in [0.05, 0.1) is 23.7 Å². The Morgan fingerprint density at radius 1 is 1.17 bits per heavy atom. The molecular formula is C22H23N5O2. The topological polar surface area (TPSA) is 74.3 Å². The molecule has 1 aliphatic rings. The minimum absolute atomic E-state index is 0.0241. The van der Waals surface area contributed by atoms with Crippen LogP contribution in [0.25, 0.3) is 27.9 Å². The largest absolute Gasteiger partial charge is 0.497 e. The lowest BCUT2D eigenvalue weighted by atomic mass is 9.85. The third-order valence-electron chi connectivity index (χ3n) is 6.06. The molecule has 0 unspecified atom stereocenters. The zero-order valence-electron chi connectivity index (χ0n) is 16.6. The minimum Gasteiger partial charge on any atom is -0.497 e. The number of methoxy groups -OCH3 is 1. The van der Waals surface area contributed by atoms with Crippen molar-refractivity contribution in [3.63, 3.8) is 0 Å². The van der Waals surface area contributed by atoms with E-state index in [1.165, 1.54) is 12.7 Å². The fraction of sp³-hybridized carbons (Fsp3) is 0.364. The molecule has 148 valence electrons. The maximum absolute atomic E-state index is 13.7. The zero-order chi connectivity index (χ0) is 20.0. The zero-order valence-corrected chi connectivity index (χ0v) is 16.6. The number of aromatic nitrogens is 5. The first-order chi connectivity index (χ1) is 14.2. The predicted molar refractivity (Wildman–Crippen MR) is 111 cm³/mol. The van der Waals surface area contributed by atoms with Crippen molar-refractivity contribution in [1.82, 2.24) is 24.1 Å². The number of pyridine rings is 1. The number of hydrogen-bond donors (Lipinski definition) is 0. The first-order valence-corrected chi connectivity index (χ1v) is 10.1.